The molecule has 1 heterocycles. The summed E-state index contributed by atoms with van der Waals surface area (Å²) < 4.78 is 9.95. The third kappa shape index (κ3) is 2.96. The van der Waals surface area contributed by atoms with Gasteiger partial charge in [-0.05, 0) is 29.8 Å². The second-order valence-electron chi connectivity index (χ2n) is 5.76. The van der Waals surface area contributed by atoms with Gasteiger partial charge in [-0.3, -0.25) is 9.69 Å². The van der Waals surface area contributed by atoms with Crippen molar-refractivity contribution in [3.8, 4) is 5.75 Å². The average molecular weight is 341 g/mol. The molecule has 25 heavy (non-hydrogen) atoms. The minimum Gasteiger partial charge on any atom is -0.497 e. The highest BCUT2D eigenvalue weighted by Gasteiger charge is 2.56. The van der Waals surface area contributed by atoms with Crippen LogP contribution in [-0.4, -0.2) is 37.2 Å². The van der Waals surface area contributed by atoms with E-state index in [0.29, 0.717) is 17.0 Å². The van der Waals surface area contributed by atoms with Gasteiger partial charge >= 0.3 is 5.97 Å². The van der Waals surface area contributed by atoms with Crippen LogP contribution in [-0.2, 0) is 14.3 Å². The van der Waals surface area contributed by atoms with Crippen molar-refractivity contribution in [3.63, 3.8) is 0 Å². The molecule has 3 rings (SSSR count). The SMILES string of the molecule is COC(=O)[C@@H]1[C@@H]([C@@H](O)c2ccccc2)C(=O)N1c1ccc(OC)cc1. The van der Waals surface area contributed by atoms with E-state index in [9.17, 15) is 14.7 Å². The Kier molecular flexibility index (Phi) is 4.72. The van der Waals surface area contributed by atoms with Gasteiger partial charge in [-0.15, -0.1) is 0 Å². The van der Waals surface area contributed by atoms with Gasteiger partial charge in [0.05, 0.1) is 20.3 Å². The Labute approximate surface area is 145 Å². The number of aliphatic hydroxyl groups is 1. The number of carbonyl (C=O) groups excluding carboxylic acids is 2. The van der Waals surface area contributed by atoms with Crippen LogP contribution in [0.1, 0.15) is 11.7 Å². The third-order valence-corrected chi connectivity index (χ3v) is 4.42. The van der Waals surface area contributed by atoms with E-state index >= 15 is 0 Å². The zero-order valence-corrected chi connectivity index (χ0v) is 14.0. The number of carbonyl (C=O) groups is 2. The number of benzene rings is 2. The molecule has 1 saturated heterocycles. The molecule has 0 aliphatic carbocycles. The number of esters is 1. The average Bonchev–Trinajstić information content (AvgIpc) is 2.66. The van der Waals surface area contributed by atoms with Crippen molar-refractivity contribution < 1.29 is 24.2 Å². The molecule has 2 aromatic rings. The number of hydrogen-bond donors (Lipinski definition) is 1. The lowest BCUT2D eigenvalue weighted by Gasteiger charge is -2.46. The van der Waals surface area contributed by atoms with Crippen LogP contribution in [0.4, 0.5) is 5.69 Å². The predicted molar refractivity (Wildman–Crippen MR) is 91.2 cm³/mol. The summed E-state index contributed by atoms with van der Waals surface area (Å²) in [5.74, 6) is -1.11. The van der Waals surface area contributed by atoms with Crippen molar-refractivity contribution >= 4 is 17.6 Å². The number of β-lactam (4-membered cyclic amide) rings is 1. The smallest absolute Gasteiger partial charge is 0.329 e. The Morgan fingerprint density at radius 3 is 2.28 bits per heavy atom. The molecule has 1 aliphatic heterocycles. The number of rotatable bonds is 5. The van der Waals surface area contributed by atoms with Crippen LogP contribution < -0.4 is 9.64 Å². The summed E-state index contributed by atoms with van der Waals surface area (Å²) in [4.78, 5) is 26.3. The van der Waals surface area contributed by atoms with E-state index in [0.717, 1.165) is 0 Å². The monoisotopic (exact) mass is 341 g/mol. The first-order valence-corrected chi connectivity index (χ1v) is 7.86. The van der Waals surface area contributed by atoms with Gasteiger partial charge in [0.15, 0.2) is 0 Å². The quantitative estimate of drug-likeness (QED) is 0.664. The van der Waals surface area contributed by atoms with E-state index in [1.54, 1.807) is 55.6 Å². The number of ether oxygens (including phenoxy) is 2. The number of methoxy groups -OCH3 is 2. The van der Waals surface area contributed by atoms with E-state index in [4.69, 9.17) is 9.47 Å². The second kappa shape index (κ2) is 6.94. The number of aliphatic hydroxyl groups excluding tert-OH is 1. The first-order chi connectivity index (χ1) is 12.1. The molecule has 1 amide bonds. The minimum absolute atomic E-state index is 0.322. The topological polar surface area (TPSA) is 76.1 Å². The highest BCUT2D eigenvalue weighted by molar-refractivity contribution is 6.11. The zero-order valence-electron chi connectivity index (χ0n) is 14.0. The molecule has 3 atom stereocenters. The molecule has 2 aromatic carbocycles. The molecular formula is C19H19NO5. The van der Waals surface area contributed by atoms with Gasteiger partial charge in [0.2, 0.25) is 5.91 Å². The highest BCUT2D eigenvalue weighted by atomic mass is 16.5. The van der Waals surface area contributed by atoms with Crippen molar-refractivity contribution in [2.24, 2.45) is 5.92 Å². The second-order valence-corrected chi connectivity index (χ2v) is 5.76. The fourth-order valence-corrected chi connectivity index (χ4v) is 3.08. The summed E-state index contributed by atoms with van der Waals surface area (Å²) in [5.41, 5.74) is 1.14. The van der Waals surface area contributed by atoms with Gasteiger partial charge in [0, 0.05) is 5.69 Å². The normalized spacial score (nSPS) is 20.6. The van der Waals surface area contributed by atoms with E-state index in [-0.39, 0.29) is 5.91 Å². The Bertz CT molecular complexity index is 759. The van der Waals surface area contributed by atoms with Gasteiger partial charge in [-0.1, -0.05) is 30.3 Å². The first kappa shape index (κ1) is 17.0. The fraction of sp³-hybridized carbons (Fsp3) is 0.263. The van der Waals surface area contributed by atoms with Crippen molar-refractivity contribution in [1.29, 1.82) is 0 Å². The third-order valence-electron chi connectivity index (χ3n) is 4.42. The molecule has 130 valence electrons. The van der Waals surface area contributed by atoms with Crippen LogP contribution in [0, 0.1) is 5.92 Å². The summed E-state index contributed by atoms with van der Waals surface area (Å²) in [6, 6.07) is 14.7. The Morgan fingerprint density at radius 2 is 1.72 bits per heavy atom. The van der Waals surface area contributed by atoms with Crippen LogP contribution in [0.3, 0.4) is 0 Å². The van der Waals surface area contributed by atoms with Gasteiger partial charge in [-0.2, -0.15) is 0 Å². The van der Waals surface area contributed by atoms with Crippen molar-refractivity contribution in [1.82, 2.24) is 0 Å². The van der Waals surface area contributed by atoms with Crippen LogP contribution in [0.2, 0.25) is 0 Å². The van der Waals surface area contributed by atoms with Gasteiger partial charge in [-0.25, -0.2) is 4.79 Å². The minimum atomic E-state index is -1.08. The molecule has 0 aromatic heterocycles. The summed E-state index contributed by atoms with van der Waals surface area (Å²) in [5, 5.41) is 10.6. The Balaban J connectivity index is 1.90. The van der Waals surface area contributed by atoms with E-state index in [1.807, 2.05) is 6.07 Å². The van der Waals surface area contributed by atoms with Crippen molar-refractivity contribution in [2.45, 2.75) is 12.1 Å². The molecule has 6 nitrogen and oxygen atoms in total. The van der Waals surface area contributed by atoms with Gasteiger partial charge in [0.1, 0.15) is 17.7 Å². The lowest BCUT2D eigenvalue weighted by molar-refractivity contribution is -0.156. The summed E-state index contributed by atoms with van der Waals surface area (Å²) >= 11 is 0. The van der Waals surface area contributed by atoms with E-state index in [2.05, 4.69) is 0 Å². The predicted octanol–water partition coefficient (Wildman–Crippen LogP) is 1.93. The maximum absolute atomic E-state index is 12.7. The molecule has 1 aliphatic rings. The summed E-state index contributed by atoms with van der Waals surface area (Å²) in [6.45, 7) is 0. The molecular weight excluding hydrogens is 322 g/mol. The fourth-order valence-electron chi connectivity index (χ4n) is 3.08. The number of nitrogens with zero attached hydrogens (tertiary/aromatic N) is 1. The zero-order chi connectivity index (χ0) is 18.0. The maximum Gasteiger partial charge on any atom is 0.329 e. The molecule has 0 saturated carbocycles. The molecule has 1 N–H and O–H groups in total. The number of anilines is 1. The molecule has 0 unspecified atom stereocenters. The summed E-state index contributed by atoms with van der Waals surface area (Å²) in [7, 11) is 2.82. The van der Waals surface area contributed by atoms with Gasteiger partial charge in [0.25, 0.3) is 0 Å². The largest absolute Gasteiger partial charge is 0.497 e. The van der Waals surface area contributed by atoms with Crippen molar-refractivity contribution in [3.05, 3.63) is 60.2 Å². The van der Waals surface area contributed by atoms with Crippen LogP contribution in [0.25, 0.3) is 0 Å². The van der Waals surface area contributed by atoms with E-state index in [1.165, 1.54) is 12.0 Å². The van der Waals surface area contributed by atoms with Crippen LogP contribution in [0.5, 0.6) is 5.75 Å². The number of amides is 1. The Hall–Kier alpha value is -2.86. The number of hydrogen-bond acceptors (Lipinski definition) is 5. The van der Waals surface area contributed by atoms with Gasteiger partial charge < -0.3 is 14.6 Å². The van der Waals surface area contributed by atoms with Crippen molar-refractivity contribution in [2.75, 3.05) is 19.1 Å². The highest BCUT2D eigenvalue weighted by Crippen LogP contribution is 2.41. The van der Waals surface area contributed by atoms with E-state index < -0.39 is 24.0 Å². The van der Waals surface area contributed by atoms with Crippen LogP contribution in [0.15, 0.2) is 54.6 Å². The van der Waals surface area contributed by atoms with Crippen LogP contribution >= 0.6 is 0 Å². The molecule has 0 bridgehead atoms. The lowest BCUT2D eigenvalue weighted by Crippen LogP contribution is -2.66. The molecule has 6 heteroatoms. The molecule has 0 spiro atoms. The maximum atomic E-state index is 12.7. The summed E-state index contributed by atoms with van der Waals surface area (Å²) in [6.07, 6.45) is -1.08. The lowest BCUT2D eigenvalue weighted by atomic mass is 9.79. The molecule has 0 radical (unpaired) electrons. The Morgan fingerprint density at radius 1 is 1.08 bits per heavy atom. The first-order valence-electron chi connectivity index (χ1n) is 7.86. The molecule has 1 fully saturated rings. The standard InChI is InChI=1S/C19H19NO5/c1-24-14-10-8-13(9-11-14)20-16(19(23)25-2)15(18(20)22)17(21)12-6-4-3-5-7-12/h3-11,15-17,21H,1-2H3/t15-,16-,17-/m0/s1.